The van der Waals surface area contributed by atoms with Crippen LogP contribution in [0.2, 0.25) is 0 Å². The highest BCUT2D eigenvalue weighted by Crippen LogP contribution is 2.35. The number of esters is 2. The molecule has 2 heterocycles. The summed E-state index contributed by atoms with van der Waals surface area (Å²) in [5.41, 5.74) is 2.87. The Morgan fingerprint density at radius 2 is 1.81 bits per heavy atom. The molecule has 31 heavy (non-hydrogen) atoms. The van der Waals surface area contributed by atoms with E-state index in [-0.39, 0.29) is 12.0 Å². The zero-order chi connectivity index (χ0) is 22.1. The lowest BCUT2D eigenvalue weighted by Crippen LogP contribution is -2.32. The van der Waals surface area contributed by atoms with Crippen LogP contribution in [0.25, 0.3) is 11.0 Å². The third kappa shape index (κ3) is 3.72. The lowest BCUT2D eigenvalue weighted by atomic mass is 10.00. The first kappa shape index (κ1) is 20.5. The molecule has 0 fully saturated rings. The summed E-state index contributed by atoms with van der Waals surface area (Å²) in [5, 5.41) is 0.740. The Bertz CT molecular complexity index is 1230. The standard InChI is InChI=1S/C23H21NO7/c1-13-16-8-9-19-18(21(16)31-23(27)17(13)10-20(25)28-2)11-24(12-30-19)15-6-4-14(5-7-15)22(26)29-3/h4-9H,10-12H2,1-3H3. The highest BCUT2D eigenvalue weighted by molar-refractivity contribution is 5.90. The highest BCUT2D eigenvalue weighted by atomic mass is 16.5. The molecule has 1 aliphatic rings. The van der Waals surface area contributed by atoms with E-state index in [0.29, 0.717) is 35.7 Å². The van der Waals surface area contributed by atoms with Gasteiger partial charge in [-0.2, -0.15) is 0 Å². The monoisotopic (exact) mass is 423 g/mol. The van der Waals surface area contributed by atoms with Crippen molar-refractivity contribution >= 4 is 28.6 Å². The Labute approximate surface area is 177 Å². The Morgan fingerprint density at radius 3 is 2.48 bits per heavy atom. The largest absolute Gasteiger partial charge is 0.473 e. The van der Waals surface area contributed by atoms with Gasteiger partial charge in [0.15, 0.2) is 6.73 Å². The van der Waals surface area contributed by atoms with Crippen molar-refractivity contribution in [2.75, 3.05) is 25.9 Å². The third-order valence-electron chi connectivity index (χ3n) is 5.44. The van der Waals surface area contributed by atoms with Gasteiger partial charge in [-0.3, -0.25) is 4.79 Å². The molecule has 0 unspecified atom stereocenters. The number of aryl methyl sites for hydroxylation is 1. The van der Waals surface area contributed by atoms with Gasteiger partial charge in [0, 0.05) is 11.1 Å². The van der Waals surface area contributed by atoms with Gasteiger partial charge in [0.05, 0.1) is 43.9 Å². The molecule has 0 atom stereocenters. The molecule has 4 rings (SSSR count). The predicted molar refractivity (Wildman–Crippen MR) is 112 cm³/mol. The maximum absolute atomic E-state index is 12.6. The van der Waals surface area contributed by atoms with Crippen LogP contribution in [0, 0.1) is 6.92 Å². The van der Waals surface area contributed by atoms with Crippen LogP contribution in [0.4, 0.5) is 5.69 Å². The molecule has 0 aliphatic carbocycles. The summed E-state index contributed by atoms with van der Waals surface area (Å²) in [7, 11) is 2.61. The van der Waals surface area contributed by atoms with Gasteiger partial charge in [0.1, 0.15) is 11.3 Å². The molecule has 0 bridgehead atoms. The minimum atomic E-state index is -0.566. The molecule has 3 aromatic rings. The van der Waals surface area contributed by atoms with Gasteiger partial charge in [0.2, 0.25) is 0 Å². The van der Waals surface area contributed by atoms with Crippen LogP contribution in [0.5, 0.6) is 5.75 Å². The summed E-state index contributed by atoms with van der Waals surface area (Å²) in [6.07, 6.45) is -0.146. The van der Waals surface area contributed by atoms with E-state index >= 15 is 0 Å². The molecule has 0 N–H and O–H groups in total. The quantitative estimate of drug-likeness (QED) is 0.467. The van der Waals surface area contributed by atoms with Crippen molar-refractivity contribution in [1.29, 1.82) is 0 Å². The molecule has 8 heteroatoms. The van der Waals surface area contributed by atoms with Crippen LogP contribution in [0.1, 0.15) is 27.0 Å². The Morgan fingerprint density at radius 1 is 1.06 bits per heavy atom. The van der Waals surface area contributed by atoms with Crippen LogP contribution in [0.3, 0.4) is 0 Å². The van der Waals surface area contributed by atoms with Crippen LogP contribution >= 0.6 is 0 Å². The first-order chi connectivity index (χ1) is 14.9. The molecular formula is C23H21NO7. The first-order valence-electron chi connectivity index (χ1n) is 9.64. The Hall–Kier alpha value is -3.81. The molecule has 2 aromatic carbocycles. The molecule has 8 nitrogen and oxygen atoms in total. The minimum absolute atomic E-state index is 0.146. The number of fused-ring (bicyclic) bond motifs is 3. The summed E-state index contributed by atoms with van der Waals surface area (Å²) in [4.78, 5) is 37.9. The van der Waals surface area contributed by atoms with Crippen molar-refractivity contribution in [2.24, 2.45) is 0 Å². The number of carbonyl (C=O) groups excluding carboxylic acids is 2. The van der Waals surface area contributed by atoms with E-state index in [0.717, 1.165) is 16.6 Å². The van der Waals surface area contributed by atoms with Gasteiger partial charge < -0.3 is 23.5 Å². The average Bonchev–Trinajstić information content (AvgIpc) is 2.80. The van der Waals surface area contributed by atoms with E-state index < -0.39 is 17.6 Å². The van der Waals surface area contributed by atoms with E-state index in [1.165, 1.54) is 14.2 Å². The van der Waals surface area contributed by atoms with Crippen molar-refractivity contribution in [1.82, 2.24) is 0 Å². The second kappa shape index (κ2) is 8.14. The van der Waals surface area contributed by atoms with Crippen molar-refractivity contribution < 1.29 is 28.2 Å². The topological polar surface area (TPSA) is 95.3 Å². The maximum atomic E-state index is 12.6. The van der Waals surface area contributed by atoms with E-state index in [1.54, 1.807) is 19.1 Å². The molecule has 0 saturated carbocycles. The van der Waals surface area contributed by atoms with Crippen LogP contribution < -0.4 is 15.3 Å². The van der Waals surface area contributed by atoms with E-state index in [1.807, 2.05) is 29.2 Å². The molecule has 160 valence electrons. The minimum Gasteiger partial charge on any atom is -0.473 e. The molecular weight excluding hydrogens is 402 g/mol. The fourth-order valence-electron chi connectivity index (χ4n) is 3.67. The zero-order valence-electron chi connectivity index (χ0n) is 17.4. The predicted octanol–water partition coefficient (Wildman–Crippen LogP) is 2.96. The summed E-state index contributed by atoms with van der Waals surface area (Å²) in [5.74, 6) is -0.270. The second-order valence-electron chi connectivity index (χ2n) is 7.17. The maximum Gasteiger partial charge on any atom is 0.340 e. The fourth-order valence-corrected chi connectivity index (χ4v) is 3.67. The number of benzene rings is 2. The zero-order valence-corrected chi connectivity index (χ0v) is 17.4. The third-order valence-corrected chi connectivity index (χ3v) is 5.44. The Kier molecular flexibility index (Phi) is 5.37. The number of hydrogen-bond acceptors (Lipinski definition) is 8. The number of hydrogen-bond donors (Lipinski definition) is 0. The highest BCUT2D eigenvalue weighted by Gasteiger charge is 2.24. The molecule has 0 spiro atoms. The SMILES string of the molecule is COC(=O)Cc1c(C)c2ccc3c(c2oc1=O)CN(c1ccc(C(=O)OC)cc1)CO3. The van der Waals surface area contributed by atoms with Crippen molar-refractivity contribution in [3.8, 4) is 5.75 Å². The number of ether oxygens (including phenoxy) is 3. The molecule has 1 aromatic heterocycles. The van der Waals surface area contributed by atoms with Gasteiger partial charge in [-0.05, 0) is 48.9 Å². The van der Waals surface area contributed by atoms with Gasteiger partial charge in [-0.15, -0.1) is 0 Å². The van der Waals surface area contributed by atoms with Crippen LogP contribution in [-0.4, -0.2) is 32.9 Å². The van der Waals surface area contributed by atoms with Gasteiger partial charge in [-0.25, -0.2) is 9.59 Å². The van der Waals surface area contributed by atoms with Crippen LogP contribution in [0.15, 0.2) is 45.6 Å². The van der Waals surface area contributed by atoms with Crippen LogP contribution in [-0.2, 0) is 27.2 Å². The van der Waals surface area contributed by atoms with E-state index in [9.17, 15) is 14.4 Å². The summed E-state index contributed by atoms with van der Waals surface area (Å²) >= 11 is 0. The number of carbonyl (C=O) groups is 2. The summed E-state index contributed by atoms with van der Waals surface area (Å²) in [6, 6.07) is 10.6. The smallest absolute Gasteiger partial charge is 0.340 e. The van der Waals surface area contributed by atoms with E-state index in [2.05, 4.69) is 4.74 Å². The average molecular weight is 423 g/mol. The lowest BCUT2D eigenvalue weighted by Gasteiger charge is -2.31. The number of rotatable bonds is 4. The van der Waals surface area contributed by atoms with Gasteiger partial charge >= 0.3 is 17.6 Å². The first-order valence-corrected chi connectivity index (χ1v) is 9.64. The lowest BCUT2D eigenvalue weighted by molar-refractivity contribution is -0.139. The molecule has 0 saturated heterocycles. The number of nitrogens with zero attached hydrogens (tertiary/aromatic N) is 1. The normalized spacial score (nSPS) is 12.8. The summed E-state index contributed by atoms with van der Waals surface area (Å²) in [6.45, 7) is 2.54. The second-order valence-corrected chi connectivity index (χ2v) is 7.17. The van der Waals surface area contributed by atoms with Crippen molar-refractivity contribution in [2.45, 2.75) is 19.9 Å². The van der Waals surface area contributed by atoms with Crippen molar-refractivity contribution in [3.63, 3.8) is 0 Å². The molecule has 0 amide bonds. The Balaban J connectivity index is 1.72. The number of anilines is 1. The van der Waals surface area contributed by atoms with Crippen molar-refractivity contribution in [3.05, 3.63) is 69.1 Å². The van der Waals surface area contributed by atoms with E-state index in [4.69, 9.17) is 13.9 Å². The molecule has 1 aliphatic heterocycles. The van der Waals surface area contributed by atoms with Gasteiger partial charge in [-0.1, -0.05) is 0 Å². The fraction of sp³-hybridized carbons (Fsp3) is 0.261. The van der Waals surface area contributed by atoms with Gasteiger partial charge in [0.25, 0.3) is 0 Å². The number of methoxy groups -OCH3 is 2. The molecule has 0 radical (unpaired) electrons. The summed E-state index contributed by atoms with van der Waals surface area (Å²) < 4.78 is 20.9.